The first-order valence-corrected chi connectivity index (χ1v) is 10.6. The van der Waals surface area contributed by atoms with Crippen LogP contribution in [0.2, 0.25) is 0 Å². The molecule has 1 aliphatic carbocycles. The minimum atomic E-state index is -0.859. The molecule has 0 aliphatic heterocycles. The lowest BCUT2D eigenvalue weighted by atomic mass is 9.80. The Hall–Kier alpha value is -2.20. The molecule has 1 aromatic rings. The minimum Gasteiger partial charge on any atom is -0.481 e. The van der Waals surface area contributed by atoms with Crippen LogP contribution < -0.4 is 0 Å². The summed E-state index contributed by atoms with van der Waals surface area (Å²) in [6, 6.07) is 10.2. The Morgan fingerprint density at radius 1 is 1.21 bits per heavy atom. The van der Waals surface area contributed by atoms with E-state index < -0.39 is 18.0 Å². The number of carbonyl (C=O) groups is 2. The van der Waals surface area contributed by atoms with Crippen LogP contribution in [0, 0.1) is 17.3 Å². The third-order valence-electron chi connectivity index (χ3n) is 5.86. The molecule has 158 valence electrons. The van der Waals surface area contributed by atoms with Crippen LogP contribution in [0.15, 0.2) is 54.6 Å². The highest BCUT2D eigenvalue weighted by Gasteiger charge is 2.35. The number of aliphatic hydroxyl groups excluding tert-OH is 1. The largest absolute Gasteiger partial charge is 0.481 e. The molecule has 0 bridgehead atoms. The summed E-state index contributed by atoms with van der Waals surface area (Å²) in [6.07, 6.45) is 11.9. The second kappa shape index (κ2) is 11.1. The van der Waals surface area contributed by atoms with Crippen LogP contribution in [0.25, 0.3) is 0 Å². The summed E-state index contributed by atoms with van der Waals surface area (Å²) in [4.78, 5) is 23.3. The monoisotopic (exact) mass is 398 g/mol. The maximum Gasteiger partial charge on any atom is 0.307 e. The van der Waals surface area contributed by atoms with E-state index in [-0.39, 0.29) is 17.1 Å². The summed E-state index contributed by atoms with van der Waals surface area (Å²) in [5.41, 5.74) is 0.947. The van der Waals surface area contributed by atoms with Crippen molar-refractivity contribution in [2.24, 2.45) is 17.3 Å². The number of aliphatic hydroxyl groups is 1. The van der Waals surface area contributed by atoms with Crippen molar-refractivity contribution in [1.82, 2.24) is 0 Å². The van der Waals surface area contributed by atoms with Gasteiger partial charge in [0.1, 0.15) is 5.78 Å². The third-order valence-corrected chi connectivity index (χ3v) is 5.86. The maximum atomic E-state index is 11.8. The maximum absolute atomic E-state index is 11.8. The first-order chi connectivity index (χ1) is 13.8. The molecule has 1 aromatic carbocycles. The number of allylic oxidation sites excluding steroid dienone is 3. The molecule has 0 heterocycles. The highest BCUT2D eigenvalue weighted by molar-refractivity contribution is 5.87. The zero-order valence-corrected chi connectivity index (χ0v) is 17.6. The smallest absolute Gasteiger partial charge is 0.307 e. The zero-order chi connectivity index (χ0) is 21.3. The Balaban J connectivity index is 1.75. The molecule has 0 amide bonds. The van der Waals surface area contributed by atoms with Crippen LogP contribution in [0.1, 0.15) is 57.9 Å². The number of rotatable bonds is 11. The van der Waals surface area contributed by atoms with E-state index >= 15 is 0 Å². The molecular formula is C25H34O4. The summed E-state index contributed by atoms with van der Waals surface area (Å²) in [7, 11) is 0. The molecule has 0 aromatic heterocycles. The van der Waals surface area contributed by atoms with Gasteiger partial charge in [-0.1, -0.05) is 68.5 Å². The molecule has 1 aliphatic rings. The molecule has 3 atom stereocenters. The lowest BCUT2D eigenvalue weighted by molar-refractivity contribution is -0.146. The second-order valence-corrected chi connectivity index (χ2v) is 8.72. The van der Waals surface area contributed by atoms with Crippen molar-refractivity contribution in [1.29, 1.82) is 0 Å². The Bertz CT molecular complexity index is 718. The van der Waals surface area contributed by atoms with Gasteiger partial charge in [-0.15, -0.1) is 0 Å². The number of Topliss-reactive ketones (excluding diaryl/α,β-unsaturated/α-hetero) is 1. The number of hydrogen-bond acceptors (Lipinski definition) is 3. The Labute approximate surface area is 174 Å². The highest BCUT2D eigenvalue weighted by atomic mass is 16.4. The zero-order valence-electron chi connectivity index (χ0n) is 17.6. The van der Waals surface area contributed by atoms with E-state index in [1.165, 1.54) is 5.56 Å². The molecule has 4 nitrogen and oxygen atoms in total. The molecule has 2 N–H and O–H groups in total. The fourth-order valence-electron chi connectivity index (χ4n) is 4.03. The lowest BCUT2D eigenvalue weighted by Crippen LogP contribution is -2.29. The predicted molar refractivity (Wildman–Crippen MR) is 116 cm³/mol. The number of hydrogen-bond donors (Lipinski definition) is 2. The van der Waals surface area contributed by atoms with Crippen molar-refractivity contribution in [2.45, 2.75) is 64.9 Å². The number of ketones is 1. The summed E-state index contributed by atoms with van der Waals surface area (Å²) >= 11 is 0. The van der Waals surface area contributed by atoms with Gasteiger partial charge in [0, 0.05) is 12.3 Å². The molecule has 1 fully saturated rings. The van der Waals surface area contributed by atoms with E-state index in [1.807, 2.05) is 42.5 Å². The Morgan fingerprint density at radius 3 is 2.55 bits per heavy atom. The second-order valence-electron chi connectivity index (χ2n) is 8.72. The van der Waals surface area contributed by atoms with Gasteiger partial charge < -0.3 is 10.2 Å². The van der Waals surface area contributed by atoms with Gasteiger partial charge >= 0.3 is 5.97 Å². The Kier molecular flexibility index (Phi) is 8.84. The predicted octanol–water partition coefficient (Wildman–Crippen LogP) is 4.97. The third kappa shape index (κ3) is 7.28. The number of carbonyl (C=O) groups excluding carboxylic acids is 1. The minimum absolute atomic E-state index is 0.108. The highest BCUT2D eigenvalue weighted by Crippen LogP contribution is 2.31. The molecule has 2 rings (SSSR count). The molecule has 1 saturated carbocycles. The average Bonchev–Trinajstić information content (AvgIpc) is 3.09. The van der Waals surface area contributed by atoms with Crippen molar-refractivity contribution in [3.63, 3.8) is 0 Å². The van der Waals surface area contributed by atoms with E-state index in [0.717, 1.165) is 12.8 Å². The van der Waals surface area contributed by atoms with E-state index in [4.69, 9.17) is 0 Å². The number of benzene rings is 1. The molecule has 0 unspecified atom stereocenters. The van der Waals surface area contributed by atoms with Crippen molar-refractivity contribution in [2.75, 3.05) is 0 Å². The van der Waals surface area contributed by atoms with Crippen LogP contribution in [0.4, 0.5) is 0 Å². The summed E-state index contributed by atoms with van der Waals surface area (Å²) in [5, 5.41) is 19.9. The molecule has 29 heavy (non-hydrogen) atoms. The van der Waals surface area contributed by atoms with E-state index in [9.17, 15) is 19.8 Å². The van der Waals surface area contributed by atoms with Gasteiger partial charge in [-0.2, -0.15) is 0 Å². The topological polar surface area (TPSA) is 74.6 Å². The Morgan fingerprint density at radius 2 is 1.93 bits per heavy atom. The summed E-state index contributed by atoms with van der Waals surface area (Å²) in [5.74, 6) is -1.62. The van der Waals surface area contributed by atoms with Gasteiger partial charge in [0.25, 0.3) is 0 Å². The first-order valence-electron chi connectivity index (χ1n) is 10.6. The quantitative estimate of drug-likeness (QED) is 0.516. The lowest BCUT2D eigenvalue weighted by Gasteiger charge is -2.28. The molecule has 0 saturated heterocycles. The van der Waals surface area contributed by atoms with Crippen molar-refractivity contribution >= 4 is 11.8 Å². The van der Waals surface area contributed by atoms with Crippen molar-refractivity contribution < 1.29 is 19.8 Å². The number of carboxylic acids is 1. The van der Waals surface area contributed by atoms with Crippen LogP contribution in [-0.2, 0) is 16.0 Å². The van der Waals surface area contributed by atoms with Gasteiger partial charge in [-0.3, -0.25) is 9.59 Å². The summed E-state index contributed by atoms with van der Waals surface area (Å²) in [6.45, 7) is 4.11. The van der Waals surface area contributed by atoms with Gasteiger partial charge in [0.05, 0.1) is 12.0 Å². The molecule has 0 radical (unpaired) electrons. The van der Waals surface area contributed by atoms with Crippen molar-refractivity contribution in [3.05, 3.63) is 60.2 Å². The number of carboxylic acid groups (broad SMARTS) is 1. The first kappa shape index (κ1) is 23.1. The van der Waals surface area contributed by atoms with Gasteiger partial charge in [0.2, 0.25) is 0 Å². The van der Waals surface area contributed by atoms with Gasteiger partial charge in [0.15, 0.2) is 0 Å². The van der Waals surface area contributed by atoms with E-state index in [2.05, 4.69) is 26.0 Å². The van der Waals surface area contributed by atoms with Crippen LogP contribution in [0.5, 0.6) is 0 Å². The fourth-order valence-corrected chi connectivity index (χ4v) is 4.03. The van der Waals surface area contributed by atoms with Crippen LogP contribution >= 0.6 is 0 Å². The number of aliphatic carboxylic acids is 1. The van der Waals surface area contributed by atoms with Crippen LogP contribution in [-0.4, -0.2) is 28.1 Å². The standard InChI is InChI=1S/C25H34O4/c1-25(2,18-19-12-7-6-8-13-19)23(27)17-10-5-3-4-9-14-21(24(28)29)20-15-11-16-22(20)26/h3-4,6-8,10,12-13,17,20-21,23,27H,5,9,11,14-16,18H2,1-2H3,(H,28,29)/b4-3+,17-10-/t20-,21+,23+/m1/s1. The normalized spacial score (nSPS) is 19.8. The van der Waals surface area contributed by atoms with E-state index in [1.54, 1.807) is 0 Å². The van der Waals surface area contributed by atoms with Gasteiger partial charge in [-0.25, -0.2) is 0 Å². The average molecular weight is 399 g/mol. The molecule has 4 heteroatoms. The molecule has 0 spiro atoms. The van der Waals surface area contributed by atoms with E-state index in [0.29, 0.717) is 32.1 Å². The fraction of sp³-hybridized carbons (Fsp3) is 0.520. The SMILES string of the molecule is CC(C)(Cc1ccccc1)[C@@H](O)/C=C\C/C=C/CC[C@H](C(=O)O)[C@H]1CCCC1=O. The van der Waals surface area contributed by atoms with Crippen LogP contribution in [0.3, 0.4) is 0 Å². The van der Waals surface area contributed by atoms with Crippen molar-refractivity contribution in [3.8, 4) is 0 Å². The molecular weight excluding hydrogens is 364 g/mol. The summed E-state index contributed by atoms with van der Waals surface area (Å²) < 4.78 is 0. The van der Waals surface area contributed by atoms with Gasteiger partial charge in [-0.05, 0) is 49.5 Å².